The smallest absolute Gasteiger partial charge is 0.240 e. The van der Waals surface area contributed by atoms with Gasteiger partial charge in [0.2, 0.25) is 15.9 Å². The maximum Gasteiger partial charge on any atom is 0.240 e. The number of hydrogen-bond acceptors (Lipinski definition) is 4. The van der Waals surface area contributed by atoms with Crippen LogP contribution in [0.2, 0.25) is 0 Å². The topological polar surface area (TPSA) is 75.3 Å². The summed E-state index contributed by atoms with van der Waals surface area (Å²) in [6.45, 7) is 0.296. The van der Waals surface area contributed by atoms with Gasteiger partial charge in [0.1, 0.15) is 0 Å². The van der Waals surface area contributed by atoms with Crippen molar-refractivity contribution < 1.29 is 22.0 Å². The standard InChI is InChI=1S/C19H18F2N2O3S2/c20-16-6-5-14(11-17(16)21)28(25,26)23-10-8-19(24)22-9-7-13-12-27-18-4-2-1-3-15(13)18/h1-6,11-12,23H,7-10H2,(H,22,24). The summed E-state index contributed by atoms with van der Waals surface area (Å²) in [5.74, 6) is -2.68. The van der Waals surface area contributed by atoms with Gasteiger partial charge in [-0.25, -0.2) is 21.9 Å². The van der Waals surface area contributed by atoms with Crippen LogP contribution in [0.25, 0.3) is 10.1 Å². The van der Waals surface area contributed by atoms with Gasteiger partial charge in [-0.15, -0.1) is 11.3 Å². The van der Waals surface area contributed by atoms with Crippen molar-refractivity contribution in [2.75, 3.05) is 13.1 Å². The number of hydrogen-bond donors (Lipinski definition) is 2. The van der Waals surface area contributed by atoms with E-state index >= 15 is 0 Å². The summed E-state index contributed by atoms with van der Waals surface area (Å²) in [7, 11) is -4.01. The van der Waals surface area contributed by atoms with E-state index < -0.39 is 26.6 Å². The Hall–Kier alpha value is -2.36. The Morgan fingerprint density at radius 1 is 1.04 bits per heavy atom. The van der Waals surface area contributed by atoms with Crippen molar-refractivity contribution in [2.24, 2.45) is 0 Å². The monoisotopic (exact) mass is 424 g/mol. The number of halogens is 2. The fraction of sp³-hybridized carbons (Fsp3) is 0.211. The van der Waals surface area contributed by atoms with Gasteiger partial charge in [-0.1, -0.05) is 18.2 Å². The molecule has 3 aromatic rings. The van der Waals surface area contributed by atoms with Gasteiger partial charge in [-0.05, 0) is 47.0 Å². The molecule has 3 rings (SSSR count). The first-order valence-corrected chi connectivity index (χ1v) is 10.9. The largest absolute Gasteiger partial charge is 0.356 e. The average Bonchev–Trinajstić information content (AvgIpc) is 3.07. The van der Waals surface area contributed by atoms with Crippen molar-refractivity contribution in [3.8, 4) is 0 Å². The number of thiophene rings is 1. The Kier molecular flexibility index (Phi) is 6.38. The lowest BCUT2D eigenvalue weighted by atomic mass is 10.1. The minimum Gasteiger partial charge on any atom is -0.356 e. The number of rotatable bonds is 8. The Balaban J connectivity index is 1.44. The fourth-order valence-electron chi connectivity index (χ4n) is 2.68. The highest BCUT2D eigenvalue weighted by Crippen LogP contribution is 2.25. The molecule has 28 heavy (non-hydrogen) atoms. The van der Waals surface area contributed by atoms with Crippen molar-refractivity contribution in [1.82, 2.24) is 10.0 Å². The van der Waals surface area contributed by atoms with Crippen molar-refractivity contribution >= 4 is 37.4 Å². The quantitative estimate of drug-likeness (QED) is 0.583. The molecule has 1 amide bonds. The van der Waals surface area contributed by atoms with E-state index in [-0.39, 0.29) is 18.9 Å². The minimum atomic E-state index is -4.01. The molecule has 2 aromatic carbocycles. The van der Waals surface area contributed by atoms with Gasteiger partial charge in [0.05, 0.1) is 4.90 Å². The van der Waals surface area contributed by atoms with E-state index in [1.54, 1.807) is 11.3 Å². The van der Waals surface area contributed by atoms with Crippen molar-refractivity contribution in [3.63, 3.8) is 0 Å². The second kappa shape index (κ2) is 8.76. The molecule has 148 valence electrons. The molecule has 1 aromatic heterocycles. The SMILES string of the molecule is O=C(CCNS(=O)(=O)c1ccc(F)c(F)c1)NCCc1csc2ccccc12. The summed E-state index contributed by atoms with van der Waals surface area (Å²) >= 11 is 1.65. The molecule has 0 aliphatic rings. The molecule has 5 nitrogen and oxygen atoms in total. The van der Waals surface area contributed by atoms with Crippen LogP contribution in [-0.2, 0) is 21.2 Å². The summed E-state index contributed by atoms with van der Waals surface area (Å²) < 4.78 is 53.6. The fourth-order valence-corrected chi connectivity index (χ4v) is 4.72. The molecule has 0 atom stereocenters. The summed E-state index contributed by atoms with van der Waals surface area (Å²) in [5, 5.41) is 5.98. The van der Waals surface area contributed by atoms with E-state index in [2.05, 4.69) is 15.4 Å². The van der Waals surface area contributed by atoms with Crippen LogP contribution in [0.4, 0.5) is 8.78 Å². The number of carbonyl (C=O) groups is 1. The Labute approximate surface area is 165 Å². The Morgan fingerprint density at radius 3 is 2.61 bits per heavy atom. The molecule has 0 spiro atoms. The van der Waals surface area contributed by atoms with Crippen LogP contribution in [0.3, 0.4) is 0 Å². The molecule has 0 aliphatic carbocycles. The third kappa shape index (κ3) is 4.92. The van der Waals surface area contributed by atoms with E-state index in [0.29, 0.717) is 19.0 Å². The van der Waals surface area contributed by atoms with Crippen LogP contribution in [-0.4, -0.2) is 27.4 Å². The first-order valence-electron chi connectivity index (χ1n) is 8.53. The first kappa shape index (κ1) is 20.4. The van der Waals surface area contributed by atoms with Gasteiger partial charge in [0.15, 0.2) is 11.6 Å². The molecule has 0 bridgehead atoms. The van der Waals surface area contributed by atoms with Crippen LogP contribution < -0.4 is 10.0 Å². The molecular formula is C19H18F2N2O3S2. The third-order valence-corrected chi connectivity index (χ3v) is 6.59. The Bertz CT molecular complexity index is 1100. The zero-order valence-electron chi connectivity index (χ0n) is 14.7. The maximum absolute atomic E-state index is 13.2. The van der Waals surface area contributed by atoms with Crippen LogP contribution >= 0.6 is 11.3 Å². The van der Waals surface area contributed by atoms with E-state index in [0.717, 1.165) is 17.7 Å². The molecule has 0 radical (unpaired) electrons. The molecule has 2 N–H and O–H groups in total. The lowest BCUT2D eigenvalue weighted by Crippen LogP contribution is -2.31. The van der Waals surface area contributed by atoms with E-state index in [1.807, 2.05) is 24.3 Å². The van der Waals surface area contributed by atoms with E-state index in [1.165, 1.54) is 10.1 Å². The second-order valence-corrected chi connectivity index (χ2v) is 8.76. The summed E-state index contributed by atoms with van der Waals surface area (Å²) in [5.41, 5.74) is 1.15. The zero-order valence-corrected chi connectivity index (χ0v) is 16.4. The number of sulfonamides is 1. The van der Waals surface area contributed by atoms with Crippen LogP contribution in [0.5, 0.6) is 0 Å². The molecule has 0 aliphatic heterocycles. The molecule has 0 saturated carbocycles. The highest BCUT2D eigenvalue weighted by atomic mass is 32.2. The number of benzene rings is 2. The van der Waals surface area contributed by atoms with Gasteiger partial charge >= 0.3 is 0 Å². The molecule has 1 heterocycles. The normalized spacial score (nSPS) is 11.6. The van der Waals surface area contributed by atoms with Crippen molar-refractivity contribution in [2.45, 2.75) is 17.7 Å². The summed E-state index contributed by atoms with van der Waals surface area (Å²) in [6.07, 6.45) is 0.615. The lowest BCUT2D eigenvalue weighted by Gasteiger charge is -2.08. The van der Waals surface area contributed by atoms with Gasteiger partial charge in [0.25, 0.3) is 0 Å². The van der Waals surface area contributed by atoms with Crippen LogP contribution in [0, 0.1) is 11.6 Å². The van der Waals surface area contributed by atoms with Crippen molar-refractivity contribution in [1.29, 1.82) is 0 Å². The lowest BCUT2D eigenvalue weighted by molar-refractivity contribution is -0.120. The minimum absolute atomic E-state index is 0.0622. The highest BCUT2D eigenvalue weighted by molar-refractivity contribution is 7.89. The zero-order chi connectivity index (χ0) is 20.1. The number of amides is 1. The van der Waals surface area contributed by atoms with Crippen LogP contribution in [0.15, 0.2) is 52.7 Å². The predicted molar refractivity (Wildman–Crippen MR) is 105 cm³/mol. The number of fused-ring (bicyclic) bond motifs is 1. The molecular weight excluding hydrogens is 406 g/mol. The number of carbonyl (C=O) groups excluding carboxylic acids is 1. The number of nitrogens with one attached hydrogen (secondary N) is 2. The van der Waals surface area contributed by atoms with Crippen LogP contribution in [0.1, 0.15) is 12.0 Å². The maximum atomic E-state index is 13.2. The Morgan fingerprint density at radius 2 is 1.82 bits per heavy atom. The van der Waals surface area contributed by atoms with Crippen molar-refractivity contribution in [3.05, 3.63) is 65.0 Å². The van der Waals surface area contributed by atoms with Gasteiger partial charge < -0.3 is 5.32 Å². The third-order valence-electron chi connectivity index (χ3n) is 4.12. The average molecular weight is 424 g/mol. The van der Waals surface area contributed by atoms with Gasteiger partial charge in [0, 0.05) is 24.2 Å². The molecule has 9 heteroatoms. The van der Waals surface area contributed by atoms with Gasteiger partial charge in [-0.3, -0.25) is 4.79 Å². The molecule has 0 fully saturated rings. The summed E-state index contributed by atoms with van der Waals surface area (Å²) in [6, 6.07) is 10.3. The van der Waals surface area contributed by atoms with E-state index in [4.69, 9.17) is 0 Å². The first-order chi connectivity index (χ1) is 13.4. The van der Waals surface area contributed by atoms with E-state index in [9.17, 15) is 22.0 Å². The molecule has 0 saturated heterocycles. The molecule has 0 unspecified atom stereocenters. The highest BCUT2D eigenvalue weighted by Gasteiger charge is 2.16. The second-order valence-electron chi connectivity index (χ2n) is 6.08. The van der Waals surface area contributed by atoms with Gasteiger partial charge in [-0.2, -0.15) is 0 Å². The predicted octanol–water partition coefficient (Wildman–Crippen LogP) is 3.21. The summed E-state index contributed by atoms with van der Waals surface area (Å²) in [4.78, 5) is 11.5.